The second-order valence-corrected chi connectivity index (χ2v) is 9.91. The zero-order valence-electron chi connectivity index (χ0n) is 18.9. The van der Waals surface area contributed by atoms with Gasteiger partial charge in [-0.3, -0.25) is 4.79 Å². The minimum atomic E-state index is -1.04. The number of carbonyl (C=O) groups is 1. The fourth-order valence-electron chi connectivity index (χ4n) is 4.21. The number of anilines is 2. The Morgan fingerprint density at radius 3 is 2.85 bits per heavy atom. The molecule has 172 valence electrons. The lowest BCUT2D eigenvalue weighted by atomic mass is 10.1. The molecule has 1 unspecified atom stereocenters. The van der Waals surface area contributed by atoms with Crippen molar-refractivity contribution in [1.29, 1.82) is 5.26 Å². The molecule has 0 fully saturated rings. The van der Waals surface area contributed by atoms with E-state index in [-0.39, 0.29) is 12.5 Å². The number of nitriles is 1. The number of nitrogens with zero attached hydrogens (tertiary/aromatic N) is 5. The molecule has 2 aromatic carbocycles. The average molecular weight is 474 g/mol. The fraction of sp³-hybridized carbons (Fsp3) is 0.280. The Labute approximate surface area is 201 Å². The van der Waals surface area contributed by atoms with Crippen molar-refractivity contribution in [3.05, 3.63) is 64.8 Å². The molecule has 0 spiro atoms. The molecule has 2 aliphatic rings. The highest BCUT2D eigenvalue weighted by atomic mass is 32.2. The molecule has 0 saturated heterocycles. The van der Waals surface area contributed by atoms with Crippen molar-refractivity contribution >= 4 is 28.6 Å². The molecule has 1 amide bonds. The molecule has 3 aromatic rings. The van der Waals surface area contributed by atoms with Crippen LogP contribution in [0.5, 0.6) is 5.75 Å². The number of benzene rings is 2. The van der Waals surface area contributed by atoms with Gasteiger partial charge in [-0.05, 0) is 41.4 Å². The van der Waals surface area contributed by atoms with Crippen LogP contribution in [0.25, 0.3) is 11.4 Å². The van der Waals surface area contributed by atoms with E-state index in [0.29, 0.717) is 40.8 Å². The molecule has 1 atom stereocenters. The van der Waals surface area contributed by atoms with Crippen LogP contribution in [0.4, 0.5) is 11.5 Å². The predicted molar refractivity (Wildman–Crippen MR) is 129 cm³/mol. The summed E-state index contributed by atoms with van der Waals surface area (Å²) in [4.78, 5) is 25.1. The van der Waals surface area contributed by atoms with Crippen molar-refractivity contribution in [3.63, 3.8) is 0 Å². The Morgan fingerprint density at radius 2 is 2.06 bits per heavy atom. The first-order chi connectivity index (χ1) is 16.4. The van der Waals surface area contributed by atoms with E-state index in [9.17, 15) is 14.6 Å². The Balaban J connectivity index is 1.55. The molecule has 1 aromatic heterocycles. The molecule has 34 heavy (non-hydrogen) atoms. The van der Waals surface area contributed by atoms with Crippen LogP contribution < -0.4 is 9.64 Å². The number of aromatic nitrogens is 2. The average Bonchev–Trinajstić information content (AvgIpc) is 3.43. The highest BCUT2D eigenvalue weighted by molar-refractivity contribution is 7.90. The van der Waals surface area contributed by atoms with Gasteiger partial charge in [-0.25, -0.2) is 9.97 Å². The van der Waals surface area contributed by atoms with Crippen molar-refractivity contribution in [3.8, 4) is 23.2 Å². The number of likely N-dealkylation sites (N-methyl/N-ethyl adjacent to an activating group) is 1. The van der Waals surface area contributed by atoms with Gasteiger partial charge in [0.15, 0.2) is 12.4 Å². The lowest BCUT2D eigenvalue weighted by molar-refractivity contribution is -0.130. The van der Waals surface area contributed by atoms with Crippen molar-refractivity contribution < 1.29 is 14.1 Å². The Kier molecular flexibility index (Phi) is 5.86. The second-order valence-electron chi connectivity index (χ2n) is 8.45. The lowest BCUT2D eigenvalue weighted by Gasteiger charge is -2.22. The summed E-state index contributed by atoms with van der Waals surface area (Å²) in [6.07, 6.45) is 0.832. The van der Waals surface area contributed by atoms with Gasteiger partial charge in [0.25, 0.3) is 5.91 Å². The van der Waals surface area contributed by atoms with Gasteiger partial charge < -0.3 is 19.1 Å². The van der Waals surface area contributed by atoms with Gasteiger partial charge in [-0.2, -0.15) is 5.26 Å². The number of carbonyl (C=O) groups excluding carboxylic acids is 1. The largest absolute Gasteiger partial charge is 0.616 e. The van der Waals surface area contributed by atoms with E-state index in [1.54, 1.807) is 20.2 Å². The summed E-state index contributed by atoms with van der Waals surface area (Å²) in [6.45, 7) is 0.674. The summed E-state index contributed by atoms with van der Waals surface area (Å²) in [7, 11) is 3.38. The van der Waals surface area contributed by atoms with E-state index in [1.165, 1.54) is 4.90 Å². The first-order valence-corrected chi connectivity index (χ1v) is 12.4. The Morgan fingerprint density at radius 1 is 1.24 bits per heavy atom. The normalized spacial score (nSPS) is 16.1. The molecule has 8 nitrogen and oxygen atoms in total. The lowest BCUT2D eigenvalue weighted by Crippen LogP contribution is -2.27. The highest BCUT2D eigenvalue weighted by Crippen LogP contribution is 2.41. The second kappa shape index (κ2) is 8.97. The first-order valence-electron chi connectivity index (χ1n) is 10.9. The van der Waals surface area contributed by atoms with Gasteiger partial charge in [0.1, 0.15) is 28.8 Å². The van der Waals surface area contributed by atoms with Crippen LogP contribution in [-0.4, -0.2) is 52.6 Å². The van der Waals surface area contributed by atoms with Crippen LogP contribution in [0.3, 0.4) is 0 Å². The first kappa shape index (κ1) is 22.2. The molecule has 0 N–H and O–H groups in total. The summed E-state index contributed by atoms with van der Waals surface area (Å²) in [5, 5.41) is 9.58. The summed E-state index contributed by atoms with van der Waals surface area (Å²) in [6, 6.07) is 15.3. The van der Waals surface area contributed by atoms with E-state index < -0.39 is 11.2 Å². The summed E-state index contributed by atoms with van der Waals surface area (Å²) in [5.74, 6) is 2.45. The number of rotatable bonds is 5. The van der Waals surface area contributed by atoms with Gasteiger partial charge in [0.05, 0.1) is 17.2 Å². The van der Waals surface area contributed by atoms with Crippen LogP contribution in [0.2, 0.25) is 0 Å². The van der Waals surface area contributed by atoms with Gasteiger partial charge in [0, 0.05) is 38.0 Å². The van der Waals surface area contributed by atoms with E-state index >= 15 is 0 Å². The monoisotopic (exact) mass is 473 g/mol. The molecule has 2 aliphatic heterocycles. The van der Waals surface area contributed by atoms with Crippen molar-refractivity contribution in [1.82, 2.24) is 14.9 Å². The number of hydrogen-bond donors (Lipinski definition) is 0. The zero-order chi connectivity index (χ0) is 23.8. The SMILES string of the molecule is CN(C)C(=O)COc1ccc2c(c1)N(c1nc(-c3ccccc3C#N)nc3c1C[S+]([O-])C3)CC2. The predicted octanol–water partition coefficient (Wildman–Crippen LogP) is 2.94. The molecule has 5 rings (SSSR count). The van der Waals surface area contributed by atoms with Gasteiger partial charge >= 0.3 is 0 Å². The van der Waals surface area contributed by atoms with Gasteiger partial charge in [-0.15, -0.1) is 0 Å². The molecule has 0 bridgehead atoms. The van der Waals surface area contributed by atoms with E-state index in [0.717, 1.165) is 34.7 Å². The molecule has 0 radical (unpaired) electrons. The summed E-state index contributed by atoms with van der Waals surface area (Å²) < 4.78 is 18.2. The number of ether oxygens (including phenoxy) is 1. The van der Waals surface area contributed by atoms with Crippen LogP contribution in [0, 0.1) is 11.3 Å². The third kappa shape index (κ3) is 4.06. The van der Waals surface area contributed by atoms with Gasteiger partial charge in [-0.1, -0.05) is 18.2 Å². The molecular formula is C25H23N5O3S. The quantitative estimate of drug-likeness (QED) is 0.525. The van der Waals surface area contributed by atoms with Crippen LogP contribution >= 0.6 is 0 Å². The van der Waals surface area contributed by atoms with Crippen molar-refractivity contribution in [2.24, 2.45) is 0 Å². The van der Waals surface area contributed by atoms with Gasteiger partial charge in [0.2, 0.25) is 0 Å². The topological polar surface area (TPSA) is 105 Å². The third-order valence-electron chi connectivity index (χ3n) is 6.03. The standard InChI is InChI=1S/C25H23N5O3S/c1-29(2)23(31)13-33-18-8-7-16-9-10-30(22(16)11-18)25-20-14-34(32)15-21(20)27-24(28-25)19-6-4-3-5-17(19)12-26/h3-8,11H,9-10,13-15H2,1-2H3. The minimum Gasteiger partial charge on any atom is -0.616 e. The summed E-state index contributed by atoms with van der Waals surface area (Å²) in [5.41, 5.74) is 4.91. The smallest absolute Gasteiger partial charge is 0.259 e. The number of amides is 1. The molecule has 9 heteroatoms. The fourth-order valence-corrected chi connectivity index (χ4v) is 5.47. The summed E-state index contributed by atoms with van der Waals surface area (Å²) >= 11 is -1.04. The van der Waals surface area contributed by atoms with Crippen LogP contribution in [0.15, 0.2) is 42.5 Å². The maximum atomic E-state index is 12.5. The third-order valence-corrected chi connectivity index (χ3v) is 7.24. The van der Waals surface area contributed by atoms with Crippen molar-refractivity contribution in [2.45, 2.75) is 17.9 Å². The van der Waals surface area contributed by atoms with E-state index in [4.69, 9.17) is 14.7 Å². The maximum Gasteiger partial charge on any atom is 0.259 e. The van der Waals surface area contributed by atoms with Crippen molar-refractivity contribution in [2.75, 3.05) is 32.1 Å². The Bertz CT molecular complexity index is 1320. The molecule has 3 heterocycles. The number of fused-ring (bicyclic) bond motifs is 2. The Hall–Kier alpha value is -3.61. The van der Waals surface area contributed by atoms with Crippen LogP contribution in [0.1, 0.15) is 22.4 Å². The molecule has 0 aliphatic carbocycles. The number of hydrogen-bond acceptors (Lipinski definition) is 7. The highest BCUT2D eigenvalue weighted by Gasteiger charge is 2.34. The molecular weight excluding hydrogens is 450 g/mol. The van der Waals surface area contributed by atoms with E-state index in [2.05, 4.69) is 11.0 Å². The van der Waals surface area contributed by atoms with Crippen LogP contribution in [-0.2, 0) is 33.9 Å². The maximum absolute atomic E-state index is 12.5. The van der Waals surface area contributed by atoms with E-state index in [1.807, 2.05) is 36.4 Å². The molecule has 0 saturated carbocycles. The zero-order valence-corrected chi connectivity index (χ0v) is 19.8. The minimum absolute atomic E-state index is 0.0389.